The highest BCUT2D eigenvalue weighted by molar-refractivity contribution is 7.13. The maximum Gasteiger partial charge on any atom is 0.231 e. The van der Waals surface area contributed by atoms with E-state index in [0.717, 1.165) is 18.2 Å². The number of rotatable bonds is 3. The van der Waals surface area contributed by atoms with Gasteiger partial charge in [-0.15, -0.1) is 11.3 Å². The normalized spacial score (nSPS) is 12.4. The minimum absolute atomic E-state index is 0.0416. The SMILES string of the molecule is Fc1ccc(F)c(-c2c(Nc3nccs3)ccc3c2OCO3)c1. The number of anilines is 2. The van der Waals surface area contributed by atoms with Crippen molar-refractivity contribution in [2.24, 2.45) is 0 Å². The molecule has 23 heavy (non-hydrogen) atoms. The monoisotopic (exact) mass is 332 g/mol. The number of fused-ring (bicyclic) bond motifs is 1. The summed E-state index contributed by atoms with van der Waals surface area (Å²) in [7, 11) is 0. The number of hydrogen-bond donors (Lipinski definition) is 1. The highest BCUT2D eigenvalue weighted by atomic mass is 32.1. The van der Waals surface area contributed by atoms with Crippen LogP contribution in [0.15, 0.2) is 41.9 Å². The maximum absolute atomic E-state index is 14.3. The molecule has 0 saturated carbocycles. The van der Waals surface area contributed by atoms with Crippen LogP contribution in [0.3, 0.4) is 0 Å². The van der Waals surface area contributed by atoms with E-state index in [1.165, 1.54) is 11.3 Å². The van der Waals surface area contributed by atoms with Crippen LogP contribution in [0.25, 0.3) is 11.1 Å². The molecule has 0 bridgehead atoms. The number of hydrogen-bond acceptors (Lipinski definition) is 5. The molecule has 7 heteroatoms. The Kier molecular flexibility index (Phi) is 3.34. The van der Waals surface area contributed by atoms with Gasteiger partial charge in [0.2, 0.25) is 6.79 Å². The number of aromatic nitrogens is 1. The molecule has 0 fully saturated rings. The molecule has 0 radical (unpaired) electrons. The van der Waals surface area contributed by atoms with Crippen LogP contribution in [0.4, 0.5) is 19.6 Å². The first kappa shape index (κ1) is 14.0. The van der Waals surface area contributed by atoms with Gasteiger partial charge in [0.05, 0.1) is 11.3 Å². The quantitative estimate of drug-likeness (QED) is 0.763. The van der Waals surface area contributed by atoms with E-state index in [4.69, 9.17) is 9.47 Å². The van der Waals surface area contributed by atoms with Crippen molar-refractivity contribution in [2.75, 3.05) is 12.1 Å². The van der Waals surface area contributed by atoms with Crippen LogP contribution in [-0.2, 0) is 0 Å². The summed E-state index contributed by atoms with van der Waals surface area (Å²) in [5.74, 6) is -0.194. The van der Waals surface area contributed by atoms with E-state index >= 15 is 0 Å². The molecule has 4 nitrogen and oxygen atoms in total. The molecule has 0 spiro atoms. The lowest BCUT2D eigenvalue weighted by Gasteiger charge is -2.14. The third-order valence-corrected chi connectivity index (χ3v) is 4.10. The standard InChI is InChI=1S/C16H10F2N2O2S/c17-9-1-2-11(18)10(7-9)14-12(20-16-19-5-6-23-16)3-4-13-15(14)22-8-21-13/h1-7H,8H2,(H,19,20). The molecule has 1 aromatic heterocycles. The Morgan fingerprint density at radius 1 is 1.13 bits per heavy atom. The first-order valence-corrected chi connectivity index (χ1v) is 7.65. The Bertz CT molecular complexity index is 869. The lowest BCUT2D eigenvalue weighted by atomic mass is 10.0. The van der Waals surface area contributed by atoms with E-state index in [2.05, 4.69) is 10.3 Å². The molecule has 4 rings (SSSR count). The van der Waals surface area contributed by atoms with Gasteiger partial charge in [0.1, 0.15) is 11.6 Å². The molecule has 3 aromatic rings. The Balaban J connectivity index is 1.92. The summed E-state index contributed by atoms with van der Waals surface area (Å²) in [4.78, 5) is 4.15. The number of ether oxygens (including phenoxy) is 2. The highest BCUT2D eigenvalue weighted by Gasteiger charge is 2.24. The van der Waals surface area contributed by atoms with Gasteiger partial charge in [0, 0.05) is 17.1 Å². The second kappa shape index (κ2) is 5.51. The molecule has 116 valence electrons. The number of nitrogens with zero attached hydrogens (tertiary/aromatic N) is 1. The molecule has 0 amide bonds. The number of halogens is 2. The molecule has 0 unspecified atom stereocenters. The van der Waals surface area contributed by atoms with E-state index in [1.54, 1.807) is 18.3 Å². The molecule has 0 atom stereocenters. The first-order valence-electron chi connectivity index (χ1n) is 6.77. The fourth-order valence-electron chi connectivity index (χ4n) is 2.43. The lowest BCUT2D eigenvalue weighted by Crippen LogP contribution is -1.97. The Hall–Kier alpha value is -2.67. The van der Waals surface area contributed by atoms with Crippen LogP contribution in [0, 0.1) is 11.6 Å². The van der Waals surface area contributed by atoms with Gasteiger partial charge in [-0.25, -0.2) is 13.8 Å². The smallest absolute Gasteiger partial charge is 0.231 e. The van der Waals surface area contributed by atoms with Crippen molar-refractivity contribution in [3.8, 4) is 22.6 Å². The van der Waals surface area contributed by atoms with Crippen molar-refractivity contribution < 1.29 is 18.3 Å². The van der Waals surface area contributed by atoms with Crippen LogP contribution in [0.5, 0.6) is 11.5 Å². The highest BCUT2D eigenvalue weighted by Crippen LogP contribution is 2.47. The first-order chi connectivity index (χ1) is 11.2. The molecule has 0 saturated heterocycles. The summed E-state index contributed by atoms with van der Waals surface area (Å²) in [6, 6.07) is 6.76. The van der Waals surface area contributed by atoms with Gasteiger partial charge in [-0.2, -0.15) is 0 Å². The third kappa shape index (κ3) is 2.49. The molecular weight excluding hydrogens is 322 g/mol. The minimum atomic E-state index is -0.544. The average Bonchev–Trinajstić information content (AvgIpc) is 3.21. The molecule has 0 aliphatic carbocycles. The molecular formula is C16H10F2N2O2S. The van der Waals surface area contributed by atoms with Crippen LogP contribution in [0.2, 0.25) is 0 Å². The zero-order valence-corrected chi connectivity index (χ0v) is 12.5. The van der Waals surface area contributed by atoms with E-state index in [-0.39, 0.29) is 12.4 Å². The molecule has 2 aromatic carbocycles. The zero-order chi connectivity index (χ0) is 15.8. The number of thiazole rings is 1. The topological polar surface area (TPSA) is 43.4 Å². The van der Waals surface area contributed by atoms with Crippen LogP contribution < -0.4 is 14.8 Å². The van der Waals surface area contributed by atoms with Gasteiger partial charge in [-0.05, 0) is 30.3 Å². The fraction of sp³-hybridized carbons (Fsp3) is 0.0625. The summed E-state index contributed by atoms with van der Waals surface area (Å²) < 4.78 is 38.7. The van der Waals surface area contributed by atoms with E-state index in [9.17, 15) is 8.78 Å². The van der Waals surface area contributed by atoms with Crippen molar-refractivity contribution in [2.45, 2.75) is 0 Å². The van der Waals surface area contributed by atoms with Gasteiger partial charge in [0.15, 0.2) is 16.6 Å². The molecule has 1 aliphatic rings. The summed E-state index contributed by atoms with van der Waals surface area (Å²) in [6.45, 7) is 0.0416. The Labute approximate surface area is 134 Å². The van der Waals surface area contributed by atoms with Crippen LogP contribution in [0.1, 0.15) is 0 Å². The fourth-order valence-corrected chi connectivity index (χ4v) is 2.97. The maximum atomic E-state index is 14.3. The Morgan fingerprint density at radius 2 is 2.04 bits per heavy atom. The van der Waals surface area contributed by atoms with Crippen molar-refractivity contribution in [3.05, 3.63) is 53.5 Å². The van der Waals surface area contributed by atoms with E-state index in [1.807, 2.05) is 5.38 Å². The largest absolute Gasteiger partial charge is 0.454 e. The van der Waals surface area contributed by atoms with E-state index in [0.29, 0.717) is 27.9 Å². The van der Waals surface area contributed by atoms with Gasteiger partial charge < -0.3 is 14.8 Å². The molecule has 1 aliphatic heterocycles. The van der Waals surface area contributed by atoms with Gasteiger partial charge in [0.25, 0.3) is 0 Å². The van der Waals surface area contributed by atoms with Gasteiger partial charge in [-0.1, -0.05) is 0 Å². The summed E-state index contributed by atoms with van der Waals surface area (Å²) in [6.07, 6.45) is 1.66. The second-order valence-electron chi connectivity index (χ2n) is 4.81. The molecule has 2 heterocycles. The van der Waals surface area contributed by atoms with Crippen molar-refractivity contribution >= 4 is 22.2 Å². The molecule has 1 N–H and O–H groups in total. The van der Waals surface area contributed by atoms with Crippen LogP contribution >= 0.6 is 11.3 Å². The minimum Gasteiger partial charge on any atom is -0.454 e. The number of benzene rings is 2. The predicted octanol–water partition coefficient (Wildman–Crippen LogP) is 4.56. The average molecular weight is 332 g/mol. The van der Waals surface area contributed by atoms with Crippen molar-refractivity contribution in [1.82, 2.24) is 4.98 Å². The van der Waals surface area contributed by atoms with E-state index < -0.39 is 11.6 Å². The third-order valence-electron chi connectivity index (χ3n) is 3.41. The predicted molar refractivity (Wildman–Crippen MR) is 83.3 cm³/mol. The lowest BCUT2D eigenvalue weighted by molar-refractivity contribution is 0.174. The van der Waals surface area contributed by atoms with Gasteiger partial charge >= 0.3 is 0 Å². The summed E-state index contributed by atoms with van der Waals surface area (Å²) in [5.41, 5.74) is 1.08. The summed E-state index contributed by atoms with van der Waals surface area (Å²) >= 11 is 1.40. The second-order valence-corrected chi connectivity index (χ2v) is 5.70. The van der Waals surface area contributed by atoms with Crippen molar-refractivity contribution in [1.29, 1.82) is 0 Å². The zero-order valence-electron chi connectivity index (χ0n) is 11.7. The summed E-state index contributed by atoms with van der Waals surface area (Å²) in [5, 5.41) is 5.57. The Morgan fingerprint density at radius 3 is 2.87 bits per heavy atom. The van der Waals surface area contributed by atoms with Crippen molar-refractivity contribution in [3.63, 3.8) is 0 Å². The van der Waals surface area contributed by atoms with Crippen LogP contribution in [-0.4, -0.2) is 11.8 Å². The number of nitrogens with one attached hydrogen (secondary N) is 1. The van der Waals surface area contributed by atoms with Gasteiger partial charge in [-0.3, -0.25) is 0 Å².